The van der Waals surface area contributed by atoms with Crippen LogP contribution in [0.15, 0.2) is 85.0 Å². The Morgan fingerprint density at radius 2 is 1.86 bits per heavy atom. The monoisotopic (exact) mass is 596 g/mol. The highest BCUT2D eigenvalue weighted by atomic mass is 35.5. The van der Waals surface area contributed by atoms with Crippen LogP contribution in [-0.4, -0.2) is 49.6 Å². The lowest BCUT2D eigenvalue weighted by molar-refractivity contribution is -0.0616. The summed E-state index contributed by atoms with van der Waals surface area (Å²) in [4.78, 5) is 14.3. The first-order chi connectivity index (χ1) is 21.0. The van der Waals surface area contributed by atoms with Crippen molar-refractivity contribution in [1.29, 1.82) is 5.26 Å². The Morgan fingerprint density at radius 1 is 1.05 bits per heavy atom. The SMILES string of the molecule is CC1C(c2ccccc2)=CC=CC1(COc1cc(OCc2cccc(C#N)c2)c(C=O)cc1Cl)OCCCN1CCCC1. The summed E-state index contributed by atoms with van der Waals surface area (Å²) in [5.74, 6) is 0.766. The van der Waals surface area contributed by atoms with Gasteiger partial charge in [-0.1, -0.05) is 73.1 Å². The number of likely N-dealkylation sites (tertiary alicyclic amines) is 1. The lowest BCUT2D eigenvalue weighted by Gasteiger charge is -2.40. The average Bonchev–Trinajstić information content (AvgIpc) is 3.57. The normalized spacial score (nSPS) is 19.9. The molecular formula is C36H37ClN2O4. The maximum atomic E-state index is 11.9. The summed E-state index contributed by atoms with van der Waals surface area (Å²) in [6.45, 7) is 6.53. The molecule has 0 N–H and O–H groups in total. The zero-order chi connectivity index (χ0) is 30.1. The van der Waals surface area contributed by atoms with E-state index in [-0.39, 0.29) is 19.1 Å². The summed E-state index contributed by atoms with van der Waals surface area (Å²) < 4.78 is 19.1. The fraction of sp³-hybridized carbons (Fsp3) is 0.333. The van der Waals surface area contributed by atoms with Gasteiger partial charge in [-0.3, -0.25) is 4.79 Å². The number of hydrogen-bond donors (Lipinski definition) is 0. The van der Waals surface area contributed by atoms with Gasteiger partial charge >= 0.3 is 0 Å². The van der Waals surface area contributed by atoms with Crippen molar-refractivity contribution in [3.63, 3.8) is 0 Å². The molecule has 7 heteroatoms. The van der Waals surface area contributed by atoms with Gasteiger partial charge in [0.15, 0.2) is 6.29 Å². The van der Waals surface area contributed by atoms with Crippen molar-refractivity contribution in [1.82, 2.24) is 4.90 Å². The van der Waals surface area contributed by atoms with Gasteiger partial charge in [0.05, 0.1) is 22.2 Å². The van der Waals surface area contributed by atoms with Gasteiger partial charge in [-0.25, -0.2) is 0 Å². The lowest BCUT2D eigenvalue weighted by Crippen LogP contribution is -2.45. The van der Waals surface area contributed by atoms with Crippen molar-refractivity contribution in [2.75, 3.05) is 32.8 Å². The van der Waals surface area contributed by atoms with Gasteiger partial charge in [-0.05, 0) is 73.3 Å². The maximum Gasteiger partial charge on any atom is 0.153 e. The third-order valence-corrected chi connectivity index (χ3v) is 8.54. The third kappa shape index (κ3) is 7.55. The molecule has 2 atom stereocenters. The number of carbonyl (C=O) groups is 1. The Bertz CT molecular complexity index is 1510. The molecule has 0 radical (unpaired) electrons. The van der Waals surface area contributed by atoms with Crippen molar-refractivity contribution in [2.45, 2.75) is 38.4 Å². The van der Waals surface area contributed by atoms with Crippen LogP contribution < -0.4 is 9.47 Å². The molecule has 0 bridgehead atoms. The Kier molecular flexibility index (Phi) is 10.3. The van der Waals surface area contributed by atoms with Crippen molar-refractivity contribution < 1.29 is 19.0 Å². The molecule has 2 aliphatic rings. The van der Waals surface area contributed by atoms with Gasteiger partial charge in [0, 0.05) is 25.1 Å². The number of halogens is 1. The van der Waals surface area contributed by atoms with E-state index in [0.29, 0.717) is 40.5 Å². The molecule has 1 aliphatic carbocycles. The zero-order valence-electron chi connectivity index (χ0n) is 24.5. The molecule has 0 spiro atoms. The van der Waals surface area contributed by atoms with E-state index in [4.69, 9.17) is 25.8 Å². The number of rotatable bonds is 13. The van der Waals surface area contributed by atoms with Crippen LogP contribution in [0.4, 0.5) is 0 Å². The summed E-state index contributed by atoms with van der Waals surface area (Å²) >= 11 is 6.61. The van der Waals surface area contributed by atoms with Crippen LogP contribution in [0.1, 0.15) is 53.2 Å². The molecule has 3 aromatic carbocycles. The average molecular weight is 597 g/mol. The van der Waals surface area contributed by atoms with Crippen LogP contribution in [0.5, 0.6) is 11.5 Å². The Morgan fingerprint density at radius 3 is 2.63 bits per heavy atom. The predicted molar refractivity (Wildman–Crippen MR) is 170 cm³/mol. The van der Waals surface area contributed by atoms with Crippen molar-refractivity contribution >= 4 is 23.5 Å². The highest BCUT2D eigenvalue weighted by Gasteiger charge is 2.40. The van der Waals surface area contributed by atoms with E-state index in [1.165, 1.54) is 18.4 Å². The van der Waals surface area contributed by atoms with Crippen molar-refractivity contribution in [3.8, 4) is 17.6 Å². The highest BCUT2D eigenvalue weighted by molar-refractivity contribution is 6.32. The van der Waals surface area contributed by atoms with Gasteiger partial charge in [0.1, 0.15) is 30.3 Å². The Hall–Kier alpha value is -3.89. The molecule has 2 unspecified atom stereocenters. The molecule has 0 amide bonds. The molecule has 6 nitrogen and oxygen atoms in total. The number of carbonyl (C=O) groups excluding carboxylic acids is 1. The fourth-order valence-electron chi connectivity index (χ4n) is 5.75. The summed E-state index contributed by atoms with van der Waals surface area (Å²) in [7, 11) is 0. The topological polar surface area (TPSA) is 71.8 Å². The second-order valence-electron chi connectivity index (χ2n) is 11.1. The molecule has 5 rings (SSSR count). The molecular weight excluding hydrogens is 560 g/mol. The van der Waals surface area contributed by atoms with E-state index in [2.05, 4.69) is 42.2 Å². The highest BCUT2D eigenvalue weighted by Crippen LogP contribution is 2.40. The van der Waals surface area contributed by atoms with Crippen LogP contribution in [0.25, 0.3) is 5.57 Å². The van der Waals surface area contributed by atoms with Crippen LogP contribution in [0.2, 0.25) is 5.02 Å². The first-order valence-electron chi connectivity index (χ1n) is 14.9. The van der Waals surface area contributed by atoms with E-state index in [0.717, 1.165) is 37.2 Å². The minimum absolute atomic E-state index is 0.00263. The second kappa shape index (κ2) is 14.5. The first-order valence-corrected chi connectivity index (χ1v) is 15.2. The standard InChI is InChI=1S/C36H37ClN2O4/c1-27-32(30-12-3-2-4-13-30)14-8-15-36(27,43-19-9-18-39-16-5-6-17-39)26-42-35-22-34(31(24-40)21-33(35)37)41-25-29-11-7-10-28(20-29)23-38/h2-4,7-8,10-15,20-22,24,27H,5-6,9,16-19,25-26H2,1H3. The Balaban J connectivity index is 1.34. The van der Waals surface area contributed by atoms with Gasteiger partial charge < -0.3 is 19.1 Å². The maximum absolute atomic E-state index is 11.9. The molecule has 1 saturated heterocycles. The van der Waals surface area contributed by atoms with Crippen LogP contribution in [-0.2, 0) is 11.3 Å². The smallest absolute Gasteiger partial charge is 0.153 e. The third-order valence-electron chi connectivity index (χ3n) is 8.24. The first kappa shape index (κ1) is 30.6. The van der Waals surface area contributed by atoms with Crippen molar-refractivity contribution in [2.24, 2.45) is 5.92 Å². The van der Waals surface area contributed by atoms with Gasteiger partial charge in [0.25, 0.3) is 0 Å². The Labute approximate surface area is 259 Å². The fourth-order valence-corrected chi connectivity index (χ4v) is 5.97. The number of hydrogen-bond acceptors (Lipinski definition) is 6. The van der Waals surface area contributed by atoms with Crippen molar-refractivity contribution in [3.05, 3.63) is 112 Å². The number of nitrogens with zero attached hydrogens (tertiary/aromatic N) is 2. The number of ether oxygens (including phenoxy) is 3. The summed E-state index contributed by atoms with van der Waals surface area (Å²) in [6.07, 6.45) is 10.5. The summed E-state index contributed by atoms with van der Waals surface area (Å²) in [5, 5.41) is 9.53. The molecule has 1 aliphatic heterocycles. The number of nitriles is 1. The molecule has 222 valence electrons. The van der Waals surface area contributed by atoms with E-state index >= 15 is 0 Å². The molecule has 0 saturated carbocycles. The number of allylic oxidation sites excluding steroid dienone is 2. The quantitative estimate of drug-likeness (QED) is 0.150. The second-order valence-corrected chi connectivity index (χ2v) is 11.5. The van der Waals surface area contributed by atoms with E-state index in [1.54, 1.807) is 30.3 Å². The number of aldehydes is 1. The molecule has 3 aromatic rings. The lowest BCUT2D eigenvalue weighted by atomic mass is 9.77. The zero-order valence-corrected chi connectivity index (χ0v) is 25.3. The minimum atomic E-state index is -0.726. The van der Waals surface area contributed by atoms with Crippen LogP contribution >= 0.6 is 11.6 Å². The van der Waals surface area contributed by atoms with Gasteiger partial charge in [-0.2, -0.15) is 5.26 Å². The van der Waals surface area contributed by atoms with Gasteiger partial charge in [-0.15, -0.1) is 0 Å². The van der Waals surface area contributed by atoms with E-state index in [9.17, 15) is 10.1 Å². The van der Waals surface area contributed by atoms with Crippen LogP contribution in [0, 0.1) is 17.2 Å². The molecule has 1 fully saturated rings. The van der Waals surface area contributed by atoms with E-state index in [1.807, 2.05) is 30.3 Å². The predicted octanol–water partition coefficient (Wildman–Crippen LogP) is 7.51. The number of benzene rings is 3. The van der Waals surface area contributed by atoms with Gasteiger partial charge in [0.2, 0.25) is 0 Å². The summed E-state index contributed by atoms with van der Waals surface area (Å²) in [6, 6.07) is 22.9. The molecule has 1 heterocycles. The molecule has 43 heavy (non-hydrogen) atoms. The minimum Gasteiger partial charge on any atom is -0.489 e. The summed E-state index contributed by atoms with van der Waals surface area (Å²) in [5.41, 5.74) is 3.28. The van der Waals surface area contributed by atoms with Crippen LogP contribution in [0.3, 0.4) is 0 Å². The van der Waals surface area contributed by atoms with E-state index < -0.39 is 5.60 Å². The largest absolute Gasteiger partial charge is 0.489 e. The molecule has 0 aromatic heterocycles.